The zero-order chi connectivity index (χ0) is 17.4. The Morgan fingerprint density at radius 2 is 1.96 bits per heavy atom. The fourth-order valence-electron chi connectivity index (χ4n) is 2.92. The van der Waals surface area contributed by atoms with E-state index in [1.54, 1.807) is 6.92 Å². The highest BCUT2D eigenvalue weighted by molar-refractivity contribution is 9.10. The third-order valence-corrected chi connectivity index (χ3v) is 6.48. The molecule has 0 unspecified atom stereocenters. The average molecular weight is 412 g/mol. The van der Waals surface area contributed by atoms with Crippen molar-refractivity contribution in [1.29, 1.82) is 0 Å². The van der Waals surface area contributed by atoms with Crippen LogP contribution in [0.1, 0.15) is 13.3 Å². The minimum atomic E-state index is -3.05. The van der Waals surface area contributed by atoms with Crippen molar-refractivity contribution in [2.45, 2.75) is 18.9 Å². The fourth-order valence-corrected chi connectivity index (χ4v) is 5.39. The minimum absolute atomic E-state index is 0.0173. The van der Waals surface area contributed by atoms with Crippen LogP contribution in [0.2, 0.25) is 0 Å². The first-order valence-corrected chi connectivity index (χ1v) is 10.2. The van der Waals surface area contributed by atoms with Crippen LogP contribution >= 0.6 is 15.9 Å². The van der Waals surface area contributed by atoms with Gasteiger partial charge in [-0.25, -0.2) is 8.42 Å². The second-order valence-electron chi connectivity index (χ2n) is 6.39. The fraction of sp³-hybridized carbons (Fsp3) is 0.353. The summed E-state index contributed by atoms with van der Waals surface area (Å²) in [5, 5.41) is 4.87. The molecule has 7 heteroatoms. The van der Waals surface area contributed by atoms with E-state index >= 15 is 0 Å². The molecule has 128 valence electrons. The van der Waals surface area contributed by atoms with E-state index < -0.39 is 15.4 Å². The summed E-state index contributed by atoms with van der Waals surface area (Å²) in [5.74, 6) is 0.385. The van der Waals surface area contributed by atoms with Crippen molar-refractivity contribution in [1.82, 2.24) is 5.32 Å². The molecule has 0 saturated carbocycles. The van der Waals surface area contributed by atoms with Crippen molar-refractivity contribution in [3.05, 3.63) is 40.9 Å². The maximum Gasteiger partial charge on any atom is 0.258 e. The number of rotatable bonds is 4. The first kappa shape index (κ1) is 17.2. The summed E-state index contributed by atoms with van der Waals surface area (Å²) in [4.78, 5) is 12.1. The number of carbonyl (C=O) groups excluding carboxylic acids is 1. The number of fused-ring (bicyclic) bond motifs is 1. The van der Waals surface area contributed by atoms with Crippen molar-refractivity contribution in [2.75, 3.05) is 18.1 Å². The Morgan fingerprint density at radius 3 is 2.67 bits per heavy atom. The lowest BCUT2D eigenvalue weighted by atomic mass is 10.0. The molecule has 3 rings (SSSR count). The summed E-state index contributed by atoms with van der Waals surface area (Å²) >= 11 is 3.43. The third kappa shape index (κ3) is 4.08. The van der Waals surface area contributed by atoms with Gasteiger partial charge >= 0.3 is 0 Å². The van der Waals surface area contributed by atoms with E-state index in [0.29, 0.717) is 12.2 Å². The van der Waals surface area contributed by atoms with Gasteiger partial charge in [-0.1, -0.05) is 28.1 Å². The molecular formula is C17H18BrNO4S. The molecule has 0 aliphatic carbocycles. The molecule has 0 bridgehead atoms. The molecule has 0 radical (unpaired) electrons. The summed E-state index contributed by atoms with van der Waals surface area (Å²) in [7, 11) is -3.05. The lowest BCUT2D eigenvalue weighted by Crippen LogP contribution is -2.48. The third-order valence-electron chi connectivity index (χ3n) is 4.09. The van der Waals surface area contributed by atoms with Crippen molar-refractivity contribution >= 4 is 42.4 Å². The number of halogens is 1. The average Bonchev–Trinajstić information content (AvgIpc) is 2.78. The molecule has 0 spiro atoms. The highest BCUT2D eigenvalue weighted by Gasteiger charge is 2.39. The number of ether oxygens (including phenoxy) is 1. The zero-order valence-corrected chi connectivity index (χ0v) is 15.6. The van der Waals surface area contributed by atoms with Crippen LogP contribution in [0.25, 0.3) is 10.8 Å². The maximum atomic E-state index is 12.1. The zero-order valence-electron chi connectivity index (χ0n) is 13.2. The van der Waals surface area contributed by atoms with Crippen LogP contribution in [-0.2, 0) is 14.6 Å². The second kappa shape index (κ2) is 6.37. The van der Waals surface area contributed by atoms with Gasteiger partial charge in [0, 0.05) is 4.47 Å². The number of hydrogen-bond acceptors (Lipinski definition) is 4. The molecule has 5 nitrogen and oxygen atoms in total. The molecule has 1 aliphatic rings. The first-order valence-electron chi connectivity index (χ1n) is 7.58. The van der Waals surface area contributed by atoms with E-state index in [4.69, 9.17) is 4.74 Å². The van der Waals surface area contributed by atoms with Crippen LogP contribution in [0.5, 0.6) is 5.75 Å². The van der Waals surface area contributed by atoms with Gasteiger partial charge in [0.05, 0.1) is 17.0 Å². The SMILES string of the molecule is C[C@]1(NC(=O)COc2ccc3cc(Br)ccc3c2)CCS(=O)(=O)C1. The molecule has 1 heterocycles. The van der Waals surface area contributed by atoms with Gasteiger partial charge in [-0.15, -0.1) is 0 Å². The highest BCUT2D eigenvalue weighted by atomic mass is 79.9. The number of nitrogens with one attached hydrogen (secondary N) is 1. The highest BCUT2D eigenvalue weighted by Crippen LogP contribution is 2.25. The van der Waals surface area contributed by atoms with Gasteiger partial charge < -0.3 is 10.1 Å². The largest absolute Gasteiger partial charge is 0.484 e. The number of benzene rings is 2. The van der Waals surface area contributed by atoms with E-state index in [1.165, 1.54) is 0 Å². The minimum Gasteiger partial charge on any atom is -0.484 e. The van der Waals surface area contributed by atoms with Crippen LogP contribution in [0, 0.1) is 0 Å². The number of carbonyl (C=O) groups is 1. The van der Waals surface area contributed by atoms with Crippen molar-refractivity contribution < 1.29 is 17.9 Å². The normalized spacial score (nSPS) is 22.4. The molecule has 1 N–H and O–H groups in total. The lowest BCUT2D eigenvalue weighted by Gasteiger charge is -2.23. The van der Waals surface area contributed by atoms with Gasteiger partial charge in [0.15, 0.2) is 16.4 Å². The predicted molar refractivity (Wildman–Crippen MR) is 97.0 cm³/mol. The van der Waals surface area contributed by atoms with Gasteiger partial charge in [-0.3, -0.25) is 4.79 Å². The van der Waals surface area contributed by atoms with Crippen molar-refractivity contribution in [2.24, 2.45) is 0 Å². The molecule has 1 aliphatic heterocycles. The molecule has 2 aromatic carbocycles. The van der Waals surface area contributed by atoms with E-state index in [1.807, 2.05) is 36.4 Å². The predicted octanol–water partition coefficient (Wildman–Crippen LogP) is 2.67. The summed E-state index contributed by atoms with van der Waals surface area (Å²) in [6.45, 7) is 1.61. The Balaban J connectivity index is 1.61. The van der Waals surface area contributed by atoms with Crippen LogP contribution in [-0.4, -0.2) is 38.0 Å². The summed E-state index contributed by atoms with van der Waals surface area (Å²) < 4.78 is 29.7. The van der Waals surface area contributed by atoms with Gasteiger partial charge in [-0.05, 0) is 48.4 Å². The topological polar surface area (TPSA) is 72.5 Å². The summed E-state index contributed by atoms with van der Waals surface area (Å²) in [5.41, 5.74) is -0.699. The van der Waals surface area contributed by atoms with E-state index in [9.17, 15) is 13.2 Å². The van der Waals surface area contributed by atoms with E-state index in [2.05, 4.69) is 21.2 Å². The van der Waals surface area contributed by atoms with Crippen LogP contribution in [0.3, 0.4) is 0 Å². The molecule has 1 fully saturated rings. The second-order valence-corrected chi connectivity index (χ2v) is 9.49. The Bertz CT molecular complexity index is 897. The van der Waals surface area contributed by atoms with Crippen molar-refractivity contribution in [3.8, 4) is 5.75 Å². The maximum absolute atomic E-state index is 12.1. The molecular weight excluding hydrogens is 394 g/mol. The molecule has 1 amide bonds. The van der Waals surface area contributed by atoms with E-state index in [-0.39, 0.29) is 24.0 Å². The van der Waals surface area contributed by atoms with E-state index in [0.717, 1.165) is 15.2 Å². The summed E-state index contributed by atoms with van der Waals surface area (Å²) in [6.07, 6.45) is 0.436. The molecule has 24 heavy (non-hydrogen) atoms. The smallest absolute Gasteiger partial charge is 0.258 e. The Labute approximate surface area is 149 Å². The van der Waals surface area contributed by atoms with Gasteiger partial charge in [0.25, 0.3) is 5.91 Å². The van der Waals surface area contributed by atoms with Crippen LogP contribution < -0.4 is 10.1 Å². The summed E-state index contributed by atoms with van der Waals surface area (Å²) in [6, 6.07) is 11.5. The molecule has 0 aromatic heterocycles. The Hall–Kier alpha value is -1.60. The molecule has 1 saturated heterocycles. The Morgan fingerprint density at radius 1 is 1.25 bits per heavy atom. The first-order chi connectivity index (χ1) is 11.2. The van der Waals surface area contributed by atoms with Gasteiger partial charge in [0.2, 0.25) is 0 Å². The standard InChI is InChI=1S/C17H18BrNO4S/c1-17(6-7-24(21,22)11-17)19-16(20)10-23-15-5-3-12-8-14(18)4-2-13(12)9-15/h2-5,8-9H,6-7,10-11H2,1H3,(H,19,20)/t17-/m0/s1. The van der Waals surface area contributed by atoms with Gasteiger partial charge in [-0.2, -0.15) is 0 Å². The lowest BCUT2D eigenvalue weighted by molar-refractivity contribution is -0.124. The van der Waals surface area contributed by atoms with Gasteiger partial charge in [0.1, 0.15) is 5.75 Å². The molecule has 2 aromatic rings. The Kier molecular flexibility index (Phi) is 4.57. The molecule has 1 atom stereocenters. The van der Waals surface area contributed by atoms with Crippen molar-refractivity contribution in [3.63, 3.8) is 0 Å². The quantitative estimate of drug-likeness (QED) is 0.838. The van der Waals surface area contributed by atoms with Crippen LogP contribution in [0.15, 0.2) is 40.9 Å². The van der Waals surface area contributed by atoms with Crippen LogP contribution in [0.4, 0.5) is 0 Å². The number of amides is 1. The number of sulfone groups is 1. The number of hydrogen-bond donors (Lipinski definition) is 1. The monoisotopic (exact) mass is 411 g/mol.